The van der Waals surface area contributed by atoms with Crippen LogP contribution in [0.15, 0.2) is 32.8 Å². The second-order valence-electron chi connectivity index (χ2n) is 9.30. The van der Waals surface area contributed by atoms with E-state index in [0.29, 0.717) is 17.5 Å². The molecule has 1 amide bonds. The average molecular weight is 563 g/mol. The Bertz CT molecular complexity index is 991. The summed E-state index contributed by atoms with van der Waals surface area (Å²) in [6.07, 6.45) is -0.376. The fourth-order valence-corrected chi connectivity index (χ4v) is 6.29. The van der Waals surface area contributed by atoms with Crippen LogP contribution in [0.25, 0.3) is 10.4 Å². The second kappa shape index (κ2) is 10.3. The molecule has 8 nitrogen and oxygen atoms in total. The van der Waals surface area contributed by atoms with E-state index in [1.807, 2.05) is 0 Å². The van der Waals surface area contributed by atoms with E-state index in [1.165, 1.54) is 18.2 Å². The Balaban J connectivity index is 1.79. The quantitative estimate of drug-likeness (QED) is 0.100. The molecule has 0 radical (unpaired) electrons. The molecule has 1 aliphatic carbocycles. The molecule has 3 atom stereocenters. The fourth-order valence-electron chi connectivity index (χ4n) is 3.79. The number of nitrogens with zero attached hydrogens (tertiary/aromatic N) is 4. The van der Waals surface area contributed by atoms with Crippen molar-refractivity contribution in [2.45, 2.75) is 42.4 Å². The van der Waals surface area contributed by atoms with E-state index < -0.39 is 42.9 Å². The number of amides is 1. The van der Waals surface area contributed by atoms with Gasteiger partial charge in [0.05, 0.1) is 0 Å². The molecule has 180 valence electrons. The number of hydrogen-bond acceptors (Lipinski definition) is 6. The molecule has 0 saturated heterocycles. The number of rotatable bonds is 9. The van der Waals surface area contributed by atoms with Gasteiger partial charge in [0, 0.05) is 46.8 Å². The molecule has 2 aliphatic rings. The zero-order chi connectivity index (χ0) is 24.3. The molecule has 1 saturated carbocycles. The van der Waals surface area contributed by atoms with E-state index >= 15 is 0 Å². The van der Waals surface area contributed by atoms with E-state index in [4.69, 9.17) is 15.0 Å². The van der Waals surface area contributed by atoms with E-state index in [9.17, 15) is 13.6 Å². The van der Waals surface area contributed by atoms with Crippen LogP contribution in [0.2, 0.25) is 25.7 Å². The monoisotopic (exact) mass is 561 g/mol. The largest absolute Gasteiger partial charge is 0.416 e. The number of alkyl carbamates (subject to hydrolysis) is 1. The lowest BCUT2D eigenvalue weighted by atomic mass is 9.85. The molecule has 1 aliphatic heterocycles. The van der Waals surface area contributed by atoms with Crippen molar-refractivity contribution < 1.29 is 23.0 Å². The number of carbonyl (C=O) groups is 1. The van der Waals surface area contributed by atoms with E-state index in [-0.39, 0.29) is 24.1 Å². The predicted molar refractivity (Wildman–Crippen MR) is 130 cm³/mol. The minimum atomic E-state index is -1.59. The topological polar surface area (TPSA) is 109 Å². The number of aliphatic imine (C=N–C) groups is 1. The molecule has 0 unspecified atom stereocenters. The molecule has 13 heteroatoms. The van der Waals surface area contributed by atoms with Crippen molar-refractivity contribution in [3.05, 3.63) is 44.5 Å². The van der Waals surface area contributed by atoms with E-state index in [1.54, 1.807) is 0 Å². The smallest absolute Gasteiger partial charge is 0.385 e. The molecule has 0 aromatic heterocycles. The highest BCUT2D eigenvalue weighted by atomic mass is 79.9. The number of hydrogen-bond donors (Lipinski definition) is 1. The van der Waals surface area contributed by atoms with Gasteiger partial charge in [-0.05, 0) is 36.2 Å². The SMILES string of the molecule is C[Si](C)(C)CCOCNC(=O)OC1=N[C@](CF)(c2cc(Br)ccc2F)[C@@H]2C[C@]2(CN=[N+]=[N-])S1. The summed E-state index contributed by atoms with van der Waals surface area (Å²) < 4.78 is 40.0. The summed E-state index contributed by atoms with van der Waals surface area (Å²) in [5, 5.41) is 6.04. The minimum Gasteiger partial charge on any atom is -0.385 e. The van der Waals surface area contributed by atoms with Crippen molar-refractivity contribution in [2.75, 3.05) is 26.6 Å². The van der Waals surface area contributed by atoms with Crippen LogP contribution in [0.4, 0.5) is 13.6 Å². The van der Waals surface area contributed by atoms with Gasteiger partial charge >= 0.3 is 6.09 Å². The van der Waals surface area contributed by atoms with Gasteiger partial charge in [-0.2, -0.15) is 0 Å². The lowest BCUT2D eigenvalue weighted by Gasteiger charge is -2.35. The lowest BCUT2D eigenvalue weighted by molar-refractivity contribution is 0.120. The normalized spacial score (nSPS) is 26.0. The first-order valence-electron chi connectivity index (χ1n) is 10.4. The van der Waals surface area contributed by atoms with Gasteiger partial charge in [-0.3, -0.25) is 5.32 Å². The summed E-state index contributed by atoms with van der Waals surface area (Å²) >= 11 is 4.41. The van der Waals surface area contributed by atoms with Gasteiger partial charge in [-0.15, -0.1) is 0 Å². The third-order valence-corrected chi connectivity index (χ3v) is 9.21. The highest BCUT2D eigenvalue weighted by Crippen LogP contribution is 2.66. The molecule has 1 aromatic rings. The second-order valence-corrected chi connectivity index (χ2v) is 17.2. The van der Waals surface area contributed by atoms with Crippen molar-refractivity contribution in [3.63, 3.8) is 0 Å². The minimum absolute atomic E-state index is 0.0394. The van der Waals surface area contributed by atoms with Crippen LogP contribution in [0.3, 0.4) is 0 Å². The van der Waals surface area contributed by atoms with Crippen LogP contribution in [-0.2, 0) is 15.0 Å². The zero-order valence-electron chi connectivity index (χ0n) is 18.6. The average Bonchev–Trinajstić information content (AvgIpc) is 3.47. The van der Waals surface area contributed by atoms with E-state index in [2.05, 4.69) is 55.9 Å². The third kappa shape index (κ3) is 6.07. The van der Waals surface area contributed by atoms with Crippen LogP contribution < -0.4 is 5.32 Å². The Labute approximate surface area is 204 Å². The molecule has 1 aromatic carbocycles. The van der Waals surface area contributed by atoms with Crippen molar-refractivity contribution in [2.24, 2.45) is 16.0 Å². The van der Waals surface area contributed by atoms with Crippen LogP contribution in [0, 0.1) is 11.7 Å². The van der Waals surface area contributed by atoms with Crippen LogP contribution >= 0.6 is 27.7 Å². The molecular weight excluding hydrogens is 536 g/mol. The standard InChI is InChI=1S/C20H26BrF2N5O3SSi/c1-33(2,3)7-6-30-12-25-17(29)31-18-27-20(10-22,14-8-13(21)4-5-15(14)23)16-9-19(16,32-18)11-26-28-24/h4-5,8,16H,6-7,9-12H2,1-3H3,(H,25,29)/t16-,19-,20-/m1/s1. The summed E-state index contributed by atoms with van der Waals surface area (Å²) in [5.74, 6) is -1.04. The van der Waals surface area contributed by atoms with Crippen molar-refractivity contribution in [1.82, 2.24) is 5.32 Å². The van der Waals surface area contributed by atoms with Crippen molar-refractivity contribution in [1.29, 1.82) is 0 Å². The van der Waals surface area contributed by atoms with Gasteiger partial charge in [0.15, 0.2) is 0 Å². The maximum atomic E-state index is 14.8. The van der Waals surface area contributed by atoms with Gasteiger partial charge in [-0.25, -0.2) is 18.6 Å². The Hall–Kier alpha value is -1.66. The first kappa shape index (κ1) is 26.0. The number of carbonyl (C=O) groups excluding carboxylic acids is 1. The predicted octanol–water partition coefficient (Wildman–Crippen LogP) is 5.96. The first-order valence-corrected chi connectivity index (χ1v) is 15.7. The molecule has 1 N–H and O–H groups in total. The number of thioether (sulfide) groups is 1. The summed E-state index contributed by atoms with van der Waals surface area (Å²) in [6, 6.07) is 5.18. The van der Waals surface area contributed by atoms with Gasteiger partial charge in [0.1, 0.15) is 24.8 Å². The van der Waals surface area contributed by atoms with Crippen LogP contribution in [0.1, 0.15) is 12.0 Å². The molecule has 0 spiro atoms. The number of benzene rings is 1. The van der Waals surface area contributed by atoms with Gasteiger partial charge in [-0.1, -0.05) is 52.4 Å². The van der Waals surface area contributed by atoms with Crippen LogP contribution in [-0.4, -0.2) is 50.7 Å². The number of fused-ring (bicyclic) bond motifs is 1. The van der Waals surface area contributed by atoms with Crippen LogP contribution in [0.5, 0.6) is 0 Å². The first-order chi connectivity index (χ1) is 15.5. The fraction of sp³-hybridized carbons (Fsp3) is 0.600. The Kier molecular flexibility index (Phi) is 8.10. The maximum Gasteiger partial charge on any atom is 0.416 e. The van der Waals surface area contributed by atoms with E-state index in [0.717, 1.165) is 17.8 Å². The van der Waals surface area contributed by atoms with Crippen molar-refractivity contribution in [3.8, 4) is 0 Å². The highest BCUT2D eigenvalue weighted by Gasteiger charge is 2.68. The Morgan fingerprint density at radius 2 is 2.24 bits per heavy atom. The Morgan fingerprint density at radius 3 is 2.91 bits per heavy atom. The lowest BCUT2D eigenvalue weighted by Crippen LogP contribution is -2.41. The molecule has 33 heavy (non-hydrogen) atoms. The third-order valence-electron chi connectivity index (χ3n) is 5.68. The van der Waals surface area contributed by atoms with Gasteiger partial charge in [0.25, 0.3) is 5.23 Å². The number of nitrogens with one attached hydrogen (secondary N) is 1. The molecule has 3 rings (SSSR count). The summed E-state index contributed by atoms with van der Waals surface area (Å²) in [4.78, 5) is 19.5. The molecule has 1 fully saturated rings. The highest BCUT2D eigenvalue weighted by molar-refractivity contribution is 9.10. The number of halogens is 3. The molecule has 0 bridgehead atoms. The zero-order valence-corrected chi connectivity index (χ0v) is 22.0. The maximum absolute atomic E-state index is 14.8. The number of alkyl halides is 1. The summed E-state index contributed by atoms with van der Waals surface area (Å²) in [7, 11) is -1.25. The number of azide groups is 1. The Morgan fingerprint density at radius 1 is 1.48 bits per heavy atom. The molecule has 1 heterocycles. The summed E-state index contributed by atoms with van der Waals surface area (Å²) in [6.45, 7) is 6.19. The summed E-state index contributed by atoms with van der Waals surface area (Å²) in [5.41, 5.74) is 7.26. The molecular formula is C20H26BrF2N5O3SSi. The van der Waals surface area contributed by atoms with Crippen molar-refractivity contribution >= 4 is 47.1 Å². The van der Waals surface area contributed by atoms with Gasteiger partial charge < -0.3 is 9.47 Å². The number of ether oxygens (including phenoxy) is 2. The van der Waals surface area contributed by atoms with Gasteiger partial charge in [0.2, 0.25) is 0 Å².